The van der Waals surface area contributed by atoms with E-state index in [9.17, 15) is 9.59 Å². The molecule has 0 bridgehead atoms. The maximum absolute atomic E-state index is 13.2. The van der Waals surface area contributed by atoms with E-state index in [1.165, 1.54) is 5.56 Å². The molecular weight excluding hydrogens is 400 g/mol. The summed E-state index contributed by atoms with van der Waals surface area (Å²) in [6.45, 7) is 10.6. The van der Waals surface area contributed by atoms with Gasteiger partial charge in [-0.05, 0) is 55.4 Å². The second-order valence-corrected chi connectivity index (χ2v) is 8.58. The molecule has 0 unspecified atom stereocenters. The maximum atomic E-state index is 13.2. The smallest absolute Gasteiger partial charge is 0.261 e. The van der Waals surface area contributed by atoms with Crippen molar-refractivity contribution >= 4 is 11.8 Å². The summed E-state index contributed by atoms with van der Waals surface area (Å²) >= 11 is 0. The number of amides is 2. The van der Waals surface area contributed by atoms with Crippen LogP contribution in [0.15, 0.2) is 54.6 Å². The zero-order valence-corrected chi connectivity index (χ0v) is 20.1. The summed E-state index contributed by atoms with van der Waals surface area (Å²) < 4.78 is 5.79. The molecule has 5 heteroatoms. The van der Waals surface area contributed by atoms with Crippen molar-refractivity contribution in [3.05, 3.63) is 65.7 Å². The van der Waals surface area contributed by atoms with Gasteiger partial charge in [-0.3, -0.25) is 9.59 Å². The number of carbonyl (C=O) groups excluding carboxylic acids is 2. The monoisotopic (exact) mass is 438 g/mol. The average molecular weight is 439 g/mol. The van der Waals surface area contributed by atoms with E-state index < -0.39 is 6.04 Å². The van der Waals surface area contributed by atoms with Gasteiger partial charge in [0.05, 0.1) is 0 Å². The van der Waals surface area contributed by atoms with Gasteiger partial charge in [0, 0.05) is 12.6 Å². The topological polar surface area (TPSA) is 58.6 Å². The summed E-state index contributed by atoms with van der Waals surface area (Å²) in [4.78, 5) is 27.8. The van der Waals surface area contributed by atoms with Crippen LogP contribution in [0.5, 0.6) is 5.75 Å². The first-order valence-electron chi connectivity index (χ1n) is 11.7. The highest BCUT2D eigenvalue weighted by Crippen LogP contribution is 2.19. The van der Waals surface area contributed by atoms with Gasteiger partial charge in [-0.2, -0.15) is 0 Å². The van der Waals surface area contributed by atoms with E-state index in [4.69, 9.17) is 4.74 Å². The van der Waals surface area contributed by atoms with E-state index in [1.54, 1.807) is 4.90 Å². The molecule has 0 radical (unpaired) electrons. The lowest BCUT2D eigenvalue weighted by atomic mass is 10.0. The molecule has 32 heavy (non-hydrogen) atoms. The van der Waals surface area contributed by atoms with Gasteiger partial charge in [-0.25, -0.2) is 0 Å². The third-order valence-corrected chi connectivity index (χ3v) is 5.78. The van der Waals surface area contributed by atoms with Gasteiger partial charge >= 0.3 is 0 Å². The quantitative estimate of drug-likeness (QED) is 0.510. The summed E-state index contributed by atoms with van der Waals surface area (Å²) in [7, 11) is 0. The largest absolute Gasteiger partial charge is 0.484 e. The van der Waals surface area contributed by atoms with Gasteiger partial charge in [0.2, 0.25) is 5.91 Å². The average Bonchev–Trinajstić information content (AvgIpc) is 2.80. The van der Waals surface area contributed by atoms with Crippen molar-refractivity contribution in [2.45, 2.75) is 71.9 Å². The van der Waals surface area contributed by atoms with E-state index in [0.717, 1.165) is 12.0 Å². The molecule has 174 valence electrons. The highest BCUT2D eigenvalue weighted by molar-refractivity contribution is 5.88. The SMILES string of the molecule is CC[C@H](C(=O)N[C@@H](C)CC)N(CCc1ccccc1)C(=O)COc1ccc(C(C)C)cc1. The predicted octanol–water partition coefficient (Wildman–Crippen LogP) is 4.95. The van der Waals surface area contributed by atoms with Gasteiger partial charge in [-0.1, -0.05) is 70.2 Å². The summed E-state index contributed by atoms with van der Waals surface area (Å²) in [6.07, 6.45) is 2.07. The first-order valence-corrected chi connectivity index (χ1v) is 11.7. The Morgan fingerprint density at radius 2 is 1.59 bits per heavy atom. The summed E-state index contributed by atoms with van der Waals surface area (Å²) in [5.41, 5.74) is 2.36. The number of carbonyl (C=O) groups is 2. The number of hydrogen-bond donors (Lipinski definition) is 1. The Labute approximate surface area is 193 Å². The van der Waals surface area contributed by atoms with Crippen LogP contribution in [0.25, 0.3) is 0 Å². The van der Waals surface area contributed by atoms with Crippen LogP contribution >= 0.6 is 0 Å². The van der Waals surface area contributed by atoms with Crippen LogP contribution in [-0.2, 0) is 16.0 Å². The molecule has 2 atom stereocenters. The van der Waals surface area contributed by atoms with Gasteiger partial charge in [0.25, 0.3) is 5.91 Å². The third kappa shape index (κ3) is 7.70. The van der Waals surface area contributed by atoms with Crippen molar-refractivity contribution in [3.8, 4) is 5.75 Å². The number of ether oxygens (including phenoxy) is 1. The maximum Gasteiger partial charge on any atom is 0.261 e. The normalized spacial score (nSPS) is 12.8. The van der Waals surface area contributed by atoms with Gasteiger partial charge in [-0.15, -0.1) is 0 Å². The Balaban J connectivity index is 2.11. The van der Waals surface area contributed by atoms with Crippen molar-refractivity contribution in [3.63, 3.8) is 0 Å². The number of nitrogens with one attached hydrogen (secondary N) is 1. The van der Waals surface area contributed by atoms with Crippen LogP contribution in [0.4, 0.5) is 0 Å². The highest BCUT2D eigenvalue weighted by atomic mass is 16.5. The number of rotatable bonds is 12. The van der Waals surface area contributed by atoms with Crippen LogP contribution in [0.2, 0.25) is 0 Å². The molecule has 5 nitrogen and oxygen atoms in total. The predicted molar refractivity (Wildman–Crippen MR) is 130 cm³/mol. The van der Waals surface area contributed by atoms with Crippen molar-refractivity contribution in [2.24, 2.45) is 0 Å². The second kappa shape index (κ2) is 12.9. The first-order chi connectivity index (χ1) is 15.3. The zero-order chi connectivity index (χ0) is 23.5. The molecule has 0 aromatic heterocycles. The van der Waals surface area contributed by atoms with E-state index in [2.05, 4.69) is 19.2 Å². The molecule has 0 fully saturated rings. The summed E-state index contributed by atoms with van der Waals surface area (Å²) in [6, 6.07) is 17.4. The van der Waals surface area contributed by atoms with Gasteiger partial charge < -0.3 is 15.0 Å². The Kier molecular flexibility index (Phi) is 10.3. The summed E-state index contributed by atoms with van der Waals surface area (Å²) in [5, 5.41) is 3.03. The summed E-state index contributed by atoms with van der Waals surface area (Å²) in [5.74, 6) is 0.806. The minimum absolute atomic E-state index is 0.0679. The number of hydrogen-bond acceptors (Lipinski definition) is 3. The number of benzene rings is 2. The van der Waals surface area contributed by atoms with Crippen LogP contribution in [0, 0.1) is 0 Å². The van der Waals surface area contributed by atoms with Crippen molar-refractivity contribution in [1.82, 2.24) is 10.2 Å². The molecule has 0 saturated heterocycles. The Morgan fingerprint density at radius 3 is 2.16 bits per heavy atom. The number of nitrogens with zero attached hydrogens (tertiary/aromatic N) is 1. The lowest BCUT2D eigenvalue weighted by Crippen LogP contribution is -2.52. The molecule has 0 spiro atoms. The third-order valence-electron chi connectivity index (χ3n) is 5.78. The van der Waals surface area contributed by atoms with Crippen LogP contribution in [-0.4, -0.2) is 41.9 Å². The molecule has 2 aromatic carbocycles. The Bertz CT molecular complexity index is 834. The van der Waals surface area contributed by atoms with Crippen LogP contribution < -0.4 is 10.1 Å². The van der Waals surface area contributed by atoms with Crippen molar-refractivity contribution in [1.29, 1.82) is 0 Å². The van der Waals surface area contributed by atoms with Crippen LogP contribution in [0.3, 0.4) is 0 Å². The molecule has 0 aliphatic heterocycles. The second-order valence-electron chi connectivity index (χ2n) is 8.58. The zero-order valence-electron chi connectivity index (χ0n) is 20.1. The molecular formula is C27H38N2O3. The Hall–Kier alpha value is -2.82. The first kappa shape index (κ1) is 25.4. The molecule has 0 saturated carbocycles. The Morgan fingerprint density at radius 1 is 0.938 bits per heavy atom. The van der Waals surface area contributed by atoms with E-state index in [0.29, 0.717) is 31.1 Å². The van der Waals surface area contributed by atoms with Gasteiger partial charge in [0.15, 0.2) is 6.61 Å². The molecule has 2 amide bonds. The standard InChI is InChI=1S/C27H38N2O3/c1-6-21(5)28-27(31)25(7-2)29(18-17-22-11-9-8-10-12-22)26(30)19-32-24-15-13-23(14-16-24)20(3)4/h8-16,20-21,25H,6-7,17-19H2,1-5H3,(H,28,31)/t21-,25+/m0/s1. The fourth-order valence-electron chi connectivity index (χ4n) is 3.51. The molecule has 0 aliphatic rings. The minimum Gasteiger partial charge on any atom is -0.484 e. The van der Waals surface area contributed by atoms with Crippen molar-refractivity contribution < 1.29 is 14.3 Å². The lowest BCUT2D eigenvalue weighted by molar-refractivity contribution is -0.142. The lowest BCUT2D eigenvalue weighted by Gasteiger charge is -2.31. The van der Waals surface area contributed by atoms with E-state index in [1.807, 2.05) is 75.4 Å². The fourth-order valence-corrected chi connectivity index (χ4v) is 3.51. The van der Waals surface area contributed by atoms with Crippen LogP contribution in [0.1, 0.15) is 64.5 Å². The molecule has 1 N–H and O–H groups in total. The van der Waals surface area contributed by atoms with Gasteiger partial charge in [0.1, 0.15) is 11.8 Å². The molecule has 2 rings (SSSR count). The van der Waals surface area contributed by atoms with Crippen molar-refractivity contribution in [2.75, 3.05) is 13.2 Å². The molecule has 2 aromatic rings. The fraction of sp³-hybridized carbons (Fsp3) is 0.481. The minimum atomic E-state index is -0.521. The van der Waals surface area contributed by atoms with E-state index >= 15 is 0 Å². The molecule has 0 aliphatic carbocycles. The highest BCUT2D eigenvalue weighted by Gasteiger charge is 2.29. The molecule has 0 heterocycles. The van der Waals surface area contributed by atoms with E-state index in [-0.39, 0.29) is 24.5 Å².